The third kappa shape index (κ3) is 5.03. The number of allylic oxidation sites excluding steroid dienone is 1. The van der Waals surface area contributed by atoms with Crippen molar-refractivity contribution in [2.45, 2.75) is 58.9 Å². The molecule has 0 spiro atoms. The van der Waals surface area contributed by atoms with E-state index in [4.69, 9.17) is 4.74 Å². The molecule has 4 nitrogen and oxygen atoms in total. The van der Waals surface area contributed by atoms with Gasteiger partial charge in [0.15, 0.2) is 0 Å². The molecule has 0 aliphatic carbocycles. The molecule has 1 atom stereocenters. The van der Waals surface area contributed by atoms with Crippen molar-refractivity contribution >= 4 is 11.9 Å². The Morgan fingerprint density at radius 2 is 1.72 bits per heavy atom. The average molecular weight is 445 g/mol. The van der Waals surface area contributed by atoms with Crippen molar-refractivity contribution in [3.63, 3.8) is 0 Å². The van der Waals surface area contributed by atoms with Crippen LogP contribution in [-0.2, 0) is 27.0 Å². The zero-order valence-corrected chi connectivity index (χ0v) is 18.5. The molecule has 0 bridgehead atoms. The van der Waals surface area contributed by atoms with E-state index in [1.54, 1.807) is 25.7 Å². The Bertz CT molecular complexity index is 1040. The van der Waals surface area contributed by atoms with Crippen LogP contribution < -0.4 is 0 Å². The number of aryl methyl sites for hydroxylation is 1. The number of esters is 1. The number of amides is 1. The Kier molecular flexibility index (Phi) is 6.77. The zero-order chi connectivity index (χ0) is 23.6. The van der Waals surface area contributed by atoms with Gasteiger partial charge in [-0.2, -0.15) is 13.2 Å². The number of hydrogen-bond acceptors (Lipinski definition) is 3. The van der Waals surface area contributed by atoms with Gasteiger partial charge in [0.2, 0.25) is 5.91 Å². The van der Waals surface area contributed by atoms with Gasteiger partial charge in [0.25, 0.3) is 0 Å². The Morgan fingerprint density at radius 3 is 2.28 bits per heavy atom. The predicted octanol–water partition coefficient (Wildman–Crippen LogP) is 5.76. The number of ether oxygens (including phenoxy) is 1. The quantitative estimate of drug-likeness (QED) is 0.550. The predicted molar refractivity (Wildman–Crippen MR) is 114 cm³/mol. The van der Waals surface area contributed by atoms with Gasteiger partial charge in [0, 0.05) is 18.0 Å². The van der Waals surface area contributed by atoms with Gasteiger partial charge in [-0.1, -0.05) is 36.4 Å². The number of benzene rings is 2. The van der Waals surface area contributed by atoms with Gasteiger partial charge in [-0.15, -0.1) is 0 Å². The minimum absolute atomic E-state index is 0.0306. The normalized spacial score (nSPS) is 17.2. The zero-order valence-electron chi connectivity index (χ0n) is 18.5. The number of nitrogens with zero attached hydrogens (tertiary/aromatic N) is 1. The van der Waals surface area contributed by atoms with E-state index in [0.29, 0.717) is 23.4 Å². The van der Waals surface area contributed by atoms with Gasteiger partial charge in [-0.25, -0.2) is 4.79 Å². The highest BCUT2D eigenvalue weighted by Crippen LogP contribution is 2.39. The second-order valence-electron chi connectivity index (χ2n) is 8.24. The van der Waals surface area contributed by atoms with Gasteiger partial charge in [0.1, 0.15) is 0 Å². The number of carbonyl (C=O) groups excluding carboxylic acids is 2. The molecule has 0 N–H and O–H groups in total. The summed E-state index contributed by atoms with van der Waals surface area (Å²) < 4.78 is 44.4. The maximum Gasteiger partial charge on any atom is 0.416 e. The van der Waals surface area contributed by atoms with E-state index >= 15 is 0 Å². The van der Waals surface area contributed by atoms with Crippen molar-refractivity contribution in [2.24, 2.45) is 0 Å². The minimum Gasteiger partial charge on any atom is -0.460 e. The fourth-order valence-corrected chi connectivity index (χ4v) is 3.89. The van der Waals surface area contributed by atoms with E-state index in [9.17, 15) is 22.8 Å². The van der Waals surface area contributed by atoms with Crippen LogP contribution in [-0.4, -0.2) is 22.9 Å². The summed E-state index contributed by atoms with van der Waals surface area (Å²) in [5.74, 6) is -1.44. The van der Waals surface area contributed by atoms with Crippen LogP contribution in [0.2, 0.25) is 0 Å². The number of halogens is 3. The lowest BCUT2D eigenvalue weighted by molar-refractivity contribution is -0.144. The molecule has 0 aromatic heterocycles. The summed E-state index contributed by atoms with van der Waals surface area (Å²) in [6.45, 7) is 7.38. The summed E-state index contributed by atoms with van der Waals surface area (Å²) >= 11 is 0. The van der Waals surface area contributed by atoms with Crippen molar-refractivity contribution < 1.29 is 27.5 Å². The van der Waals surface area contributed by atoms with Crippen LogP contribution in [0, 0.1) is 6.92 Å². The van der Waals surface area contributed by atoms with Crippen LogP contribution in [0.1, 0.15) is 55.4 Å². The fraction of sp³-hybridized carbons (Fsp3) is 0.360. The minimum atomic E-state index is -4.46. The Morgan fingerprint density at radius 1 is 1.09 bits per heavy atom. The van der Waals surface area contributed by atoms with E-state index in [1.165, 1.54) is 12.1 Å². The van der Waals surface area contributed by atoms with E-state index in [-0.39, 0.29) is 18.4 Å². The molecule has 1 amide bonds. The van der Waals surface area contributed by atoms with Crippen molar-refractivity contribution in [1.82, 2.24) is 4.90 Å². The summed E-state index contributed by atoms with van der Waals surface area (Å²) in [4.78, 5) is 27.6. The highest BCUT2D eigenvalue weighted by molar-refractivity contribution is 5.96. The molecular weight excluding hydrogens is 419 g/mol. The lowest BCUT2D eigenvalue weighted by Gasteiger charge is -2.35. The first kappa shape index (κ1) is 23.6. The number of rotatable bonds is 5. The summed E-state index contributed by atoms with van der Waals surface area (Å²) in [5, 5.41) is 0. The molecule has 3 rings (SSSR count). The maximum atomic E-state index is 13.1. The summed E-state index contributed by atoms with van der Waals surface area (Å²) in [6.07, 6.45) is -4.87. The molecule has 0 saturated heterocycles. The second-order valence-corrected chi connectivity index (χ2v) is 8.24. The summed E-state index contributed by atoms with van der Waals surface area (Å²) in [6, 6.07) is 12.3. The topological polar surface area (TPSA) is 46.6 Å². The third-order valence-corrected chi connectivity index (χ3v) is 5.62. The molecule has 0 unspecified atom stereocenters. The highest BCUT2D eigenvalue weighted by Gasteiger charge is 2.38. The Hall–Kier alpha value is -3.09. The van der Waals surface area contributed by atoms with Gasteiger partial charge in [-0.3, -0.25) is 4.79 Å². The first-order chi connectivity index (χ1) is 15.0. The van der Waals surface area contributed by atoms with Gasteiger partial charge < -0.3 is 9.64 Å². The fourth-order valence-electron chi connectivity index (χ4n) is 3.89. The van der Waals surface area contributed by atoms with E-state index in [1.807, 2.05) is 31.2 Å². The highest BCUT2D eigenvalue weighted by atomic mass is 19.4. The second kappa shape index (κ2) is 9.18. The molecule has 0 radical (unpaired) electrons. The van der Waals surface area contributed by atoms with Crippen LogP contribution in [0.5, 0.6) is 0 Å². The van der Waals surface area contributed by atoms with E-state index < -0.39 is 23.6 Å². The number of hydrogen-bond donors (Lipinski definition) is 0. The molecular formula is C25H26F3NO3. The number of alkyl halides is 3. The van der Waals surface area contributed by atoms with Crippen LogP contribution in [0.15, 0.2) is 59.8 Å². The number of carbonyl (C=O) groups is 2. The third-order valence-electron chi connectivity index (χ3n) is 5.62. The molecule has 0 saturated carbocycles. The lowest BCUT2D eigenvalue weighted by atomic mass is 9.83. The SMILES string of the molecule is CC1=C(C(=O)OC(C)C)[C@H](c2ccc(C(F)(F)F)cc2)CC(=O)N1Cc1ccccc1C. The molecule has 1 aliphatic heterocycles. The van der Waals surface area contributed by atoms with Gasteiger partial charge in [0.05, 0.1) is 23.8 Å². The van der Waals surface area contributed by atoms with Crippen LogP contribution in [0.4, 0.5) is 13.2 Å². The first-order valence-corrected chi connectivity index (χ1v) is 10.4. The summed E-state index contributed by atoms with van der Waals surface area (Å²) in [5.41, 5.74) is 2.41. The first-order valence-electron chi connectivity index (χ1n) is 10.4. The maximum absolute atomic E-state index is 13.1. The van der Waals surface area contributed by atoms with E-state index in [2.05, 4.69) is 0 Å². The van der Waals surface area contributed by atoms with Gasteiger partial charge in [-0.05, 0) is 56.5 Å². The molecule has 2 aromatic rings. The van der Waals surface area contributed by atoms with Crippen molar-refractivity contribution in [1.29, 1.82) is 0 Å². The smallest absolute Gasteiger partial charge is 0.416 e. The van der Waals surface area contributed by atoms with Crippen molar-refractivity contribution in [3.8, 4) is 0 Å². The largest absolute Gasteiger partial charge is 0.460 e. The molecule has 1 aliphatic rings. The standard InChI is InChI=1S/C25H26F3NO3/c1-15(2)32-24(31)23-17(4)29(14-19-8-6-5-7-16(19)3)22(30)13-21(23)18-9-11-20(12-10-18)25(26,27)28/h5-12,15,21H,13-14H2,1-4H3/t21-/m0/s1. The molecule has 1 heterocycles. The Balaban J connectivity index is 2.04. The lowest BCUT2D eigenvalue weighted by Crippen LogP contribution is -2.38. The van der Waals surface area contributed by atoms with Gasteiger partial charge >= 0.3 is 12.1 Å². The molecule has 0 fully saturated rings. The van der Waals surface area contributed by atoms with Crippen molar-refractivity contribution in [2.75, 3.05) is 0 Å². The van der Waals surface area contributed by atoms with Crippen LogP contribution >= 0.6 is 0 Å². The molecule has 32 heavy (non-hydrogen) atoms. The molecule has 170 valence electrons. The van der Waals surface area contributed by atoms with E-state index in [0.717, 1.165) is 23.3 Å². The average Bonchev–Trinajstić information content (AvgIpc) is 2.70. The van der Waals surface area contributed by atoms with Crippen LogP contribution in [0.25, 0.3) is 0 Å². The molecule has 7 heteroatoms. The van der Waals surface area contributed by atoms with Crippen LogP contribution in [0.3, 0.4) is 0 Å². The monoisotopic (exact) mass is 445 g/mol. The van der Waals surface area contributed by atoms with Crippen molar-refractivity contribution in [3.05, 3.63) is 82.1 Å². The summed E-state index contributed by atoms with van der Waals surface area (Å²) in [7, 11) is 0. The molecule has 2 aromatic carbocycles. The Labute approximate surface area is 185 Å².